The van der Waals surface area contributed by atoms with Gasteiger partial charge in [0.15, 0.2) is 0 Å². The first-order valence-electron chi connectivity index (χ1n) is 5.05. The molecule has 0 saturated carbocycles. The Morgan fingerprint density at radius 3 is 2.93 bits per heavy atom. The Bertz CT molecular complexity index is 352. The van der Waals surface area contributed by atoms with Crippen molar-refractivity contribution < 1.29 is 9.50 Å². The van der Waals surface area contributed by atoms with E-state index in [9.17, 15) is 9.50 Å². The molecule has 1 aliphatic heterocycles. The fourth-order valence-electron chi connectivity index (χ4n) is 1.94. The average molecular weight is 274 g/mol. The molecule has 2 atom stereocenters. The lowest BCUT2D eigenvalue weighted by atomic mass is 10.0. The van der Waals surface area contributed by atoms with Crippen molar-refractivity contribution in [3.63, 3.8) is 0 Å². The molecule has 4 heteroatoms. The summed E-state index contributed by atoms with van der Waals surface area (Å²) in [5.74, 6) is -0.356. The van der Waals surface area contributed by atoms with Gasteiger partial charge < -0.3 is 10.4 Å². The van der Waals surface area contributed by atoms with Crippen LogP contribution in [0.4, 0.5) is 4.39 Å². The van der Waals surface area contributed by atoms with Crippen LogP contribution in [0.1, 0.15) is 24.5 Å². The van der Waals surface area contributed by atoms with Gasteiger partial charge in [-0.1, -0.05) is 22.0 Å². The van der Waals surface area contributed by atoms with Crippen LogP contribution in [-0.2, 0) is 0 Å². The summed E-state index contributed by atoms with van der Waals surface area (Å²) in [6.45, 7) is 0.903. The van der Waals surface area contributed by atoms with E-state index in [4.69, 9.17) is 0 Å². The normalized spacial score (nSPS) is 23.0. The smallest absolute Gasteiger partial charge is 0.130 e. The molecule has 0 radical (unpaired) electrons. The molecule has 0 spiro atoms. The van der Waals surface area contributed by atoms with Gasteiger partial charge in [-0.05, 0) is 31.5 Å². The van der Waals surface area contributed by atoms with Crippen molar-refractivity contribution >= 4 is 15.9 Å². The third-order valence-corrected chi connectivity index (χ3v) is 3.25. The number of rotatable bonds is 2. The van der Waals surface area contributed by atoms with Gasteiger partial charge in [0.2, 0.25) is 0 Å². The van der Waals surface area contributed by atoms with Crippen molar-refractivity contribution in [1.29, 1.82) is 0 Å². The molecule has 0 bridgehead atoms. The first-order valence-corrected chi connectivity index (χ1v) is 5.84. The predicted molar refractivity (Wildman–Crippen MR) is 60.1 cm³/mol. The fraction of sp³-hybridized carbons (Fsp3) is 0.455. The van der Waals surface area contributed by atoms with Crippen molar-refractivity contribution in [2.24, 2.45) is 0 Å². The molecule has 0 amide bonds. The minimum absolute atomic E-state index is 0.0133. The number of nitrogens with one attached hydrogen (secondary N) is 1. The molecular weight excluding hydrogens is 261 g/mol. The SMILES string of the molecule is OC(c1ccc(Br)cc1F)C1CCCN1. The maximum Gasteiger partial charge on any atom is 0.130 e. The average Bonchev–Trinajstić information content (AvgIpc) is 2.69. The third-order valence-electron chi connectivity index (χ3n) is 2.76. The quantitative estimate of drug-likeness (QED) is 0.867. The molecule has 2 rings (SSSR count). The predicted octanol–water partition coefficient (Wildman–Crippen LogP) is 2.37. The molecule has 2 N–H and O–H groups in total. The minimum atomic E-state index is -0.749. The maximum absolute atomic E-state index is 13.5. The van der Waals surface area contributed by atoms with Crippen LogP contribution in [0.15, 0.2) is 22.7 Å². The van der Waals surface area contributed by atoms with E-state index in [1.165, 1.54) is 6.07 Å². The largest absolute Gasteiger partial charge is 0.387 e. The number of hydrogen-bond acceptors (Lipinski definition) is 2. The number of hydrogen-bond donors (Lipinski definition) is 2. The van der Waals surface area contributed by atoms with Crippen molar-refractivity contribution in [3.05, 3.63) is 34.1 Å². The lowest BCUT2D eigenvalue weighted by molar-refractivity contribution is 0.133. The molecule has 1 saturated heterocycles. The number of aliphatic hydroxyl groups is 1. The molecule has 1 aromatic rings. The summed E-state index contributed by atoms with van der Waals surface area (Å²) in [6.07, 6.45) is 1.19. The second-order valence-corrected chi connectivity index (χ2v) is 4.73. The summed E-state index contributed by atoms with van der Waals surface area (Å²) < 4.78 is 14.2. The van der Waals surface area contributed by atoms with Gasteiger partial charge in [-0.2, -0.15) is 0 Å². The topological polar surface area (TPSA) is 32.3 Å². The summed E-state index contributed by atoms with van der Waals surface area (Å²) >= 11 is 3.19. The minimum Gasteiger partial charge on any atom is -0.387 e. The van der Waals surface area contributed by atoms with Crippen LogP contribution < -0.4 is 5.32 Å². The molecule has 1 aliphatic rings. The number of aliphatic hydroxyl groups excluding tert-OH is 1. The number of benzene rings is 1. The Morgan fingerprint density at radius 1 is 1.53 bits per heavy atom. The standard InChI is InChI=1S/C11H13BrFNO/c12-7-3-4-8(9(13)6-7)11(15)10-2-1-5-14-10/h3-4,6,10-11,14-15H,1-2,5H2. The van der Waals surface area contributed by atoms with Gasteiger partial charge in [-0.25, -0.2) is 4.39 Å². The Labute approximate surface area is 96.6 Å². The summed E-state index contributed by atoms with van der Waals surface area (Å²) in [6, 6.07) is 4.74. The lowest BCUT2D eigenvalue weighted by Gasteiger charge is -2.19. The highest BCUT2D eigenvalue weighted by atomic mass is 79.9. The summed E-state index contributed by atoms with van der Waals surface area (Å²) in [4.78, 5) is 0. The molecule has 1 fully saturated rings. The highest BCUT2D eigenvalue weighted by molar-refractivity contribution is 9.10. The van der Waals surface area contributed by atoms with Gasteiger partial charge in [-0.3, -0.25) is 0 Å². The van der Waals surface area contributed by atoms with Crippen LogP contribution in [0.25, 0.3) is 0 Å². The van der Waals surface area contributed by atoms with Crippen molar-refractivity contribution in [2.75, 3.05) is 6.54 Å². The van der Waals surface area contributed by atoms with E-state index in [1.807, 2.05) is 0 Å². The lowest BCUT2D eigenvalue weighted by Crippen LogP contribution is -2.29. The Kier molecular flexibility index (Phi) is 3.38. The van der Waals surface area contributed by atoms with E-state index in [2.05, 4.69) is 21.2 Å². The van der Waals surface area contributed by atoms with Crippen LogP contribution in [0, 0.1) is 5.82 Å². The molecule has 15 heavy (non-hydrogen) atoms. The van der Waals surface area contributed by atoms with Gasteiger partial charge in [0.1, 0.15) is 5.82 Å². The van der Waals surface area contributed by atoms with Gasteiger partial charge in [-0.15, -0.1) is 0 Å². The zero-order chi connectivity index (χ0) is 10.8. The maximum atomic E-state index is 13.5. The molecule has 2 nitrogen and oxygen atoms in total. The van der Waals surface area contributed by atoms with Gasteiger partial charge in [0.25, 0.3) is 0 Å². The summed E-state index contributed by atoms with van der Waals surface area (Å²) in [5, 5.41) is 13.1. The van der Waals surface area contributed by atoms with E-state index < -0.39 is 6.10 Å². The molecule has 1 heterocycles. The highest BCUT2D eigenvalue weighted by Gasteiger charge is 2.25. The van der Waals surface area contributed by atoms with E-state index in [1.54, 1.807) is 12.1 Å². The molecule has 1 aromatic carbocycles. The van der Waals surface area contributed by atoms with Crippen molar-refractivity contribution in [1.82, 2.24) is 5.32 Å². The Morgan fingerprint density at radius 2 is 2.33 bits per heavy atom. The van der Waals surface area contributed by atoms with Crippen LogP contribution in [0.2, 0.25) is 0 Å². The number of halogens is 2. The summed E-state index contributed by atoms with van der Waals surface area (Å²) in [7, 11) is 0. The van der Waals surface area contributed by atoms with Crippen LogP contribution in [-0.4, -0.2) is 17.7 Å². The fourth-order valence-corrected chi connectivity index (χ4v) is 2.27. The molecule has 0 aromatic heterocycles. The first-order chi connectivity index (χ1) is 7.18. The van der Waals surface area contributed by atoms with Gasteiger partial charge >= 0.3 is 0 Å². The Balaban J connectivity index is 2.20. The molecule has 0 aliphatic carbocycles. The van der Waals surface area contributed by atoms with Gasteiger partial charge in [0, 0.05) is 16.1 Å². The second kappa shape index (κ2) is 4.60. The zero-order valence-electron chi connectivity index (χ0n) is 8.21. The van der Waals surface area contributed by atoms with E-state index in [0.29, 0.717) is 10.0 Å². The van der Waals surface area contributed by atoms with Crippen LogP contribution in [0.5, 0.6) is 0 Å². The first kappa shape index (κ1) is 11.0. The van der Waals surface area contributed by atoms with Crippen LogP contribution >= 0.6 is 15.9 Å². The zero-order valence-corrected chi connectivity index (χ0v) is 9.80. The van der Waals surface area contributed by atoms with E-state index in [0.717, 1.165) is 19.4 Å². The van der Waals surface area contributed by atoms with Crippen molar-refractivity contribution in [3.8, 4) is 0 Å². The molecule has 82 valence electrons. The molecular formula is C11H13BrFNO. The van der Waals surface area contributed by atoms with Crippen molar-refractivity contribution in [2.45, 2.75) is 25.0 Å². The van der Waals surface area contributed by atoms with Gasteiger partial charge in [0.05, 0.1) is 6.10 Å². The third kappa shape index (κ3) is 2.38. The Hall–Kier alpha value is -0.450. The van der Waals surface area contributed by atoms with E-state index in [-0.39, 0.29) is 11.9 Å². The monoisotopic (exact) mass is 273 g/mol. The van der Waals surface area contributed by atoms with E-state index >= 15 is 0 Å². The molecule has 2 unspecified atom stereocenters. The highest BCUT2D eigenvalue weighted by Crippen LogP contribution is 2.26. The van der Waals surface area contributed by atoms with Crippen LogP contribution in [0.3, 0.4) is 0 Å². The second-order valence-electron chi connectivity index (χ2n) is 3.81. The summed E-state index contributed by atoms with van der Waals surface area (Å²) in [5.41, 5.74) is 0.373.